The van der Waals surface area contributed by atoms with Crippen LogP contribution in [0, 0.1) is 22.0 Å². The molecule has 0 radical (unpaired) electrons. The van der Waals surface area contributed by atoms with Gasteiger partial charge in [-0.1, -0.05) is 11.8 Å². The van der Waals surface area contributed by atoms with Crippen molar-refractivity contribution in [3.63, 3.8) is 0 Å². The lowest BCUT2D eigenvalue weighted by molar-refractivity contribution is -0.384. The third kappa shape index (κ3) is 3.11. The molecule has 5 heteroatoms. The second kappa shape index (κ2) is 5.93. The van der Waals surface area contributed by atoms with Crippen LogP contribution in [0.3, 0.4) is 0 Å². The Balaban J connectivity index is 3.08. The molecule has 0 fully saturated rings. The first-order chi connectivity index (χ1) is 7.69. The van der Waals surface area contributed by atoms with Gasteiger partial charge >= 0.3 is 0 Å². The number of thiol groups is 1. The molecule has 0 N–H and O–H groups in total. The molecular formula is C11H9NO3S. The molecule has 0 atom stereocenters. The van der Waals surface area contributed by atoms with Gasteiger partial charge in [0.05, 0.1) is 4.92 Å². The molecule has 0 aromatic heterocycles. The summed E-state index contributed by atoms with van der Waals surface area (Å²) < 4.78 is 0. The van der Waals surface area contributed by atoms with Crippen molar-refractivity contribution in [1.82, 2.24) is 0 Å². The SMILES string of the molecule is O=Cc1cc([N+](=O)[O-])ccc1C#CCCS. The average Bonchev–Trinajstić information content (AvgIpc) is 2.29. The van der Waals surface area contributed by atoms with E-state index < -0.39 is 4.92 Å². The molecule has 0 saturated heterocycles. The van der Waals surface area contributed by atoms with Crippen LogP contribution in [0.1, 0.15) is 22.3 Å². The fraction of sp³-hybridized carbons (Fsp3) is 0.182. The van der Waals surface area contributed by atoms with Crippen molar-refractivity contribution >= 4 is 24.6 Å². The molecule has 82 valence electrons. The summed E-state index contributed by atoms with van der Waals surface area (Å²) >= 11 is 4.00. The van der Waals surface area contributed by atoms with Crippen LogP contribution in [-0.4, -0.2) is 17.0 Å². The van der Waals surface area contributed by atoms with E-state index in [1.54, 1.807) is 0 Å². The minimum absolute atomic E-state index is 0.109. The van der Waals surface area contributed by atoms with Crippen molar-refractivity contribution in [3.05, 3.63) is 39.4 Å². The van der Waals surface area contributed by atoms with Gasteiger partial charge in [0.2, 0.25) is 0 Å². The van der Waals surface area contributed by atoms with Crippen LogP contribution in [0.15, 0.2) is 18.2 Å². The molecule has 0 heterocycles. The molecule has 16 heavy (non-hydrogen) atoms. The maximum absolute atomic E-state index is 10.7. The number of carbonyl (C=O) groups excluding carboxylic acids is 1. The minimum atomic E-state index is -0.544. The Labute approximate surface area is 98.2 Å². The standard InChI is InChI=1S/C11H9NO3S/c13-8-10-7-11(12(14)15)5-4-9(10)3-1-2-6-16/h4-5,7-8,16H,2,6H2. The van der Waals surface area contributed by atoms with Gasteiger partial charge in [0.25, 0.3) is 5.69 Å². The van der Waals surface area contributed by atoms with Gasteiger partial charge in [-0.15, -0.1) is 0 Å². The number of aldehydes is 1. The highest BCUT2D eigenvalue weighted by molar-refractivity contribution is 7.80. The van der Waals surface area contributed by atoms with Gasteiger partial charge in [0, 0.05) is 35.4 Å². The molecule has 0 aliphatic carbocycles. The summed E-state index contributed by atoms with van der Waals surface area (Å²) in [4.78, 5) is 20.7. The van der Waals surface area contributed by atoms with Crippen LogP contribution in [-0.2, 0) is 0 Å². The lowest BCUT2D eigenvalue weighted by atomic mass is 10.1. The minimum Gasteiger partial charge on any atom is -0.298 e. The first-order valence-electron chi connectivity index (χ1n) is 4.52. The van der Waals surface area contributed by atoms with E-state index in [1.807, 2.05) is 0 Å². The van der Waals surface area contributed by atoms with E-state index in [-0.39, 0.29) is 11.3 Å². The summed E-state index contributed by atoms with van der Waals surface area (Å²) in [5.74, 6) is 6.23. The van der Waals surface area contributed by atoms with Gasteiger partial charge in [-0.05, 0) is 6.07 Å². The summed E-state index contributed by atoms with van der Waals surface area (Å²) in [7, 11) is 0. The first-order valence-corrected chi connectivity index (χ1v) is 5.15. The Bertz CT molecular complexity index is 474. The number of hydrogen-bond acceptors (Lipinski definition) is 4. The Morgan fingerprint density at radius 1 is 1.50 bits per heavy atom. The number of benzene rings is 1. The van der Waals surface area contributed by atoms with Crippen LogP contribution in [0.4, 0.5) is 5.69 Å². The topological polar surface area (TPSA) is 60.2 Å². The Morgan fingerprint density at radius 2 is 2.25 bits per heavy atom. The first kappa shape index (κ1) is 12.3. The van der Waals surface area contributed by atoms with Crippen LogP contribution >= 0.6 is 12.6 Å². The Morgan fingerprint density at radius 3 is 2.81 bits per heavy atom. The number of carbonyl (C=O) groups is 1. The molecule has 1 aromatic rings. The van der Waals surface area contributed by atoms with Gasteiger partial charge in [-0.2, -0.15) is 12.6 Å². The zero-order valence-electron chi connectivity index (χ0n) is 8.34. The van der Waals surface area contributed by atoms with Gasteiger partial charge in [0.1, 0.15) is 0 Å². The van der Waals surface area contributed by atoms with Crippen molar-refractivity contribution in [2.45, 2.75) is 6.42 Å². The molecule has 0 spiro atoms. The van der Waals surface area contributed by atoms with Crippen LogP contribution < -0.4 is 0 Å². The molecule has 1 aromatic carbocycles. The average molecular weight is 235 g/mol. The molecule has 0 bridgehead atoms. The van der Waals surface area contributed by atoms with E-state index in [1.165, 1.54) is 18.2 Å². The van der Waals surface area contributed by atoms with Crippen molar-refractivity contribution in [3.8, 4) is 11.8 Å². The summed E-state index contributed by atoms with van der Waals surface area (Å²) in [6, 6.07) is 4.03. The van der Waals surface area contributed by atoms with Gasteiger partial charge < -0.3 is 0 Å². The molecule has 0 amide bonds. The fourth-order valence-corrected chi connectivity index (χ4v) is 1.20. The number of nitro benzene ring substituents is 1. The van der Waals surface area contributed by atoms with Gasteiger partial charge in [-0.3, -0.25) is 14.9 Å². The lowest BCUT2D eigenvalue weighted by Crippen LogP contribution is -1.93. The van der Waals surface area contributed by atoms with E-state index in [9.17, 15) is 14.9 Å². The third-order valence-corrected chi connectivity index (χ3v) is 2.06. The van der Waals surface area contributed by atoms with E-state index in [4.69, 9.17) is 0 Å². The molecular weight excluding hydrogens is 226 g/mol. The van der Waals surface area contributed by atoms with Crippen LogP contribution in [0.25, 0.3) is 0 Å². The van der Waals surface area contributed by atoms with Crippen LogP contribution in [0.5, 0.6) is 0 Å². The van der Waals surface area contributed by atoms with Crippen LogP contribution in [0.2, 0.25) is 0 Å². The largest absolute Gasteiger partial charge is 0.298 e. The van der Waals surface area contributed by atoms with Crippen molar-refractivity contribution < 1.29 is 9.72 Å². The molecule has 0 unspecified atom stereocenters. The maximum atomic E-state index is 10.7. The Kier molecular flexibility index (Phi) is 4.55. The normalized spacial score (nSPS) is 9.06. The highest BCUT2D eigenvalue weighted by Gasteiger charge is 2.08. The third-order valence-electron chi connectivity index (χ3n) is 1.83. The van der Waals surface area contributed by atoms with Gasteiger partial charge in [0.15, 0.2) is 6.29 Å². The second-order valence-electron chi connectivity index (χ2n) is 2.92. The highest BCUT2D eigenvalue weighted by atomic mass is 32.1. The zero-order chi connectivity index (χ0) is 12.0. The predicted molar refractivity (Wildman–Crippen MR) is 63.8 cm³/mol. The molecule has 1 rings (SSSR count). The van der Waals surface area contributed by atoms with E-state index in [0.29, 0.717) is 24.0 Å². The number of rotatable bonds is 3. The summed E-state index contributed by atoms with van der Waals surface area (Å²) in [5, 5.41) is 10.5. The van der Waals surface area contributed by atoms with Crippen molar-refractivity contribution in [2.75, 3.05) is 5.75 Å². The summed E-state index contributed by atoms with van der Waals surface area (Å²) in [6.45, 7) is 0. The van der Waals surface area contributed by atoms with E-state index in [0.717, 1.165) is 0 Å². The smallest absolute Gasteiger partial charge is 0.270 e. The second-order valence-corrected chi connectivity index (χ2v) is 3.37. The number of hydrogen-bond donors (Lipinski definition) is 1. The quantitative estimate of drug-likeness (QED) is 0.287. The van der Waals surface area contributed by atoms with E-state index >= 15 is 0 Å². The lowest BCUT2D eigenvalue weighted by Gasteiger charge is -1.96. The maximum Gasteiger partial charge on any atom is 0.270 e. The summed E-state index contributed by atoms with van der Waals surface area (Å²) in [5.41, 5.74) is 0.630. The molecule has 0 aliphatic heterocycles. The highest BCUT2D eigenvalue weighted by Crippen LogP contribution is 2.15. The molecule has 4 nitrogen and oxygen atoms in total. The van der Waals surface area contributed by atoms with Crippen molar-refractivity contribution in [1.29, 1.82) is 0 Å². The number of non-ortho nitro benzene ring substituents is 1. The fourth-order valence-electron chi connectivity index (χ4n) is 1.09. The molecule has 0 aliphatic rings. The van der Waals surface area contributed by atoms with Crippen molar-refractivity contribution in [2.24, 2.45) is 0 Å². The summed E-state index contributed by atoms with van der Waals surface area (Å²) in [6.07, 6.45) is 1.18. The Hall–Kier alpha value is -1.80. The predicted octanol–water partition coefficient (Wildman–Crippen LogP) is 2.08. The molecule has 0 saturated carbocycles. The zero-order valence-corrected chi connectivity index (χ0v) is 9.24. The van der Waals surface area contributed by atoms with E-state index in [2.05, 4.69) is 24.5 Å². The van der Waals surface area contributed by atoms with Gasteiger partial charge in [-0.25, -0.2) is 0 Å². The number of nitrogens with zero attached hydrogens (tertiary/aromatic N) is 1. The number of nitro groups is 1. The monoisotopic (exact) mass is 235 g/mol.